The molecule has 192 valence electrons. The molecule has 0 aliphatic heterocycles. The van der Waals surface area contributed by atoms with Crippen LogP contribution < -0.4 is 5.56 Å². The Balaban J connectivity index is 1.82. The number of hydrogen-bond acceptors (Lipinski definition) is 4. The van der Waals surface area contributed by atoms with E-state index in [0.717, 1.165) is 41.3 Å². The fraction of sp³-hybridized carbons (Fsp3) is 0.300. The van der Waals surface area contributed by atoms with E-state index in [2.05, 4.69) is 9.97 Å². The van der Waals surface area contributed by atoms with Crippen molar-refractivity contribution < 1.29 is 13.9 Å². The van der Waals surface area contributed by atoms with Crippen molar-refractivity contribution in [1.82, 2.24) is 14.5 Å². The highest BCUT2D eigenvalue weighted by atomic mass is 19.1. The second kappa shape index (κ2) is 11.5. The molecule has 4 aromatic rings. The number of rotatable bonds is 9. The molecule has 0 amide bonds. The lowest BCUT2D eigenvalue weighted by atomic mass is 9.98. The van der Waals surface area contributed by atoms with Crippen LogP contribution in [0.2, 0.25) is 0 Å². The van der Waals surface area contributed by atoms with Gasteiger partial charge in [-0.2, -0.15) is 4.98 Å². The Hall–Kier alpha value is -3.87. The maximum atomic E-state index is 14.1. The molecule has 0 fully saturated rings. The second-order valence-electron chi connectivity index (χ2n) is 9.25. The molecular weight excluding hydrogens is 472 g/mol. The van der Waals surface area contributed by atoms with E-state index in [0.29, 0.717) is 24.2 Å². The first-order valence-electron chi connectivity index (χ1n) is 12.6. The maximum absolute atomic E-state index is 14.1. The molecule has 2 aromatic carbocycles. The van der Waals surface area contributed by atoms with Crippen molar-refractivity contribution in [1.29, 1.82) is 0 Å². The van der Waals surface area contributed by atoms with E-state index in [9.17, 15) is 18.7 Å². The number of aromatic nitrogens is 3. The summed E-state index contributed by atoms with van der Waals surface area (Å²) in [7, 11) is 0. The first kappa shape index (κ1) is 26.2. The van der Waals surface area contributed by atoms with Gasteiger partial charge in [-0.3, -0.25) is 14.3 Å². The number of pyridine rings is 1. The molecule has 2 aromatic heterocycles. The van der Waals surface area contributed by atoms with E-state index in [1.165, 1.54) is 16.7 Å². The predicted molar refractivity (Wildman–Crippen MR) is 141 cm³/mol. The molecule has 0 aliphatic carbocycles. The normalized spacial score (nSPS) is 12.0. The Labute approximate surface area is 215 Å². The maximum Gasteiger partial charge on any atom is 0.261 e. The van der Waals surface area contributed by atoms with Gasteiger partial charge < -0.3 is 5.11 Å². The van der Waals surface area contributed by atoms with Gasteiger partial charge in [0, 0.05) is 36.4 Å². The van der Waals surface area contributed by atoms with Crippen LogP contribution in [0.25, 0.3) is 11.1 Å². The lowest BCUT2D eigenvalue weighted by Gasteiger charge is -2.23. The zero-order valence-electron chi connectivity index (χ0n) is 21.3. The summed E-state index contributed by atoms with van der Waals surface area (Å²) in [6, 6.07) is 14.3. The molecule has 1 N–H and O–H groups in total. The minimum atomic E-state index is -0.703. The van der Waals surface area contributed by atoms with Crippen molar-refractivity contribution in [3.8, 4) is 17.0 Å². The largest absolute Gasteiger partial charge is 0.493 e. The van der Waals surface area contributed by atoms with Crippen molar-refractivity contribution in [3.63, 3.8) is 0 Å². The van der Waals surface area contributed by atoms with E-state index < -0.39 is 23.2 Å². The third-order valence-electron chi connectivity index (χ3n) is 6.61. The Morgan fingerprint density at radius 2 is 1.78 bits per heavy atom. The summed E-state index contributed by atoms with van der Waals surface area (Å²) >= 11 is 0. The van der Waals surface area contributed by atoms with Crippen molar-refractivity contribution in [2.24, 2.45) is 0 Å². The molecule has 0 spiro atoms. The van der Waals surface area contributed by atoms with Crippen LogP contribution in [-0.2, 0) is 12.8 Å². The van der Waals surface area contributed by atoms with Crippen molar-refractivity contribution in [2.75, 3.05) is 0 Å². The number of hydrogen-bond donors (Lipinski definition) is 1. The first-order valence-corrected chi connectivity index (χ1v) is 12.6. The molecule has 1 unspecified atom stereocenters. The Bertz CT molecular complexity index is 1450. The quantitative estimate of drug-likeness (QED) is 0.282. The van der Waals surface area contributed by atoms with Gasteiger partial charge in [0.25, 0.3) is 5.56 Å². The molecule has 0 saturated heterocycles. The van der Waals surface area contributed by atoms with Crippen LogP contribution in [-0.4, -0.2) is 19.6 Å². The predicted octanol–water partition coefficient (Wildman–Crippen LogP) is 6.53. The molecule has 5 nitrogen and oxygen atoms in total. The number of unbranched alkanes of at least 4 members (excludes halogenated alkanes) is 1. The SMILES string of the molecule is CCCCc1nc(O)c(Cc2cccc(-c3cccnc3C)c2)c(=O)n1C(CC)c1cc(F)cc(F)c1. The summed E-state index contributed by atoms with van der Waals surface area (Å²) in [4.78, 5) is 22.7. The van der Waals surface area contributed by atoms with Gasteiger partial charge in [0.05, 0.1) is 11.6 Å². The fourth-order valence-corrected chi connectivity index (χ4v) is 4.77. The van der Waals surface area contributed by atoms with Crippen molar-refractivity contribution >= 4 is 0 Å². The Morgan fingerprint density at radius 1 is 1.03 bits per heavy atom. The molecule has 0 aliphatic rings. The van der Waals surface area contributed by atoms with Crippen LogP contribution in [0.15, 0.2) is 65.6 Å². The first-order chi connectivity index (χ1) is 17.8. The van der Waals surface area contributed by atoms with Crippen LogP contribution >= 0.6 is 0 Å². The monoisotopic (exact) mass is 503 g/mol. The van der Waals surface area contributed by atoms with Gasteiger partial charge >= 0.3 is 0 Å². The van der Waals surface area contributed by atoms with E-state index in [4.69, 9.17) is 0 Å². The van der Waals surface area contributed by atoms with Gasteiger partial charge in [0.15, 0.2) is 0 Å². The average Bonchev–Trinajstić information content (AvgIpc) is 2.87. The highest BCUT2D eigenvalue weighted by Gasteiger charge is 2.23. The molecule has 0 saturated carbocycles. The summed E-state index contributed by atoms with van der Waals surface area (Å²) in [5.74, 6) is -1.31. The van der Waals surface area contributed by atoms with Crippen LogP contribution in [0.5, 0.6) is 5.88 Å². The van der Waals surface area contributed by atoms with Crippen LogP contribution in [0, 0.1) is 18.6 Å². The summed E-state index contributed by atoms with van der Waals surface area (Å²) in [6.45, 7) is 5.81. The van der Waals surface area contributed by atoms with Crippen LogP contribution in [0.4, 0.5) is 8.78 Å². The van der Waals surface area contributed by atoms with Gasteiger partial charge in [-0.05, 0) is 54.7 Å². The number of halogens is 2. The molecule has 4 rings (SSSR count). The second-order valence-corrected chi connectivity index (χ2v) is 9.25. The average molecular weight is 504 g/mol. The summed E-state index contributed by atoms with van der Waals surface area (Å²) in [5.41, 5.74) is 3.75. The zero-order chi connectivity index (χ0) is 26.5. The van der Waals surface area contributed by atoms with Crippen molar-refractivity contribution in [2.45, 2.75) is 58.9 Å². The van der Waals surface area contributed by atoms with E-state index in [1.807, 2.05) is 57.2 Å². The third-order valence-corrected chi connectivity index (χ3v) is 6.61. The van der Waals surface area contributed by atoms with Crippen molar-refractivity contribution in [3.05, 3.63) is 111 Å². The number of benzene rings is 2. The van der Waals surface area contributed by atoms with Gasteiger partial charge in [-0.25, -0.2) is 8.78 Å². The minimum absolute atomic E-state index is 0.149. The van der Waals surface area contributed by atoms with Gasteiger partial charge in [0.1, 0.15) is 17.5 Å². The number of nitrogens with zero attached hydrogens (tertiary/aromatic N) is 3. The zero-order valence-corrected chi connectivity index (χ0v) is 21.3. The van der Waals surface area contributed by atoms with E-state index >= 15 is 0 Å². The van der Waals surface area contributed by atoms with Gasteiger partial charge in [-0.1, -0.05) is 50.6 Å². The molecule has 0 bridgehead atoms. The summed E-state index contributed by atoms with van der Waals surface area (Å²) in [6.07, 6.45) is 4.40. The molecule has 7 heteroatoms. The molecule has 2 heterocycles. The lowest BCUT2D eigenvalue weighted by molar-refractivity contribution is 0.419. The molecular formula is C30H31F2N3O2. The van der Waals surface area contributed by atoms with E-state index in [-0.39, 0.29) is 17.9 Å². The van der Waals surface area contributed by atoms with E-state index in [1.54, 1.807) is 6.20 Å². The van der Waals surface area contributed by atoms with Crippen LogP contribution in [0.1, 0.15) is 67.4 Å². The Kier molecular flexibility index (Phi) is 8.11. The molecule has 0 radical (unpaired) electrons. The van der Waals surface area contributed by atoms with Crippen LogP contribution in [0.3, 0.4) is 0 Å². The Morgan fingerprint density at radius 3 is 2.46 bits per heavy atom. The topological polar surface area (TPSA) is 68.0 Å². The lowest BCUT2D eigenvalue weighted by Crippen LogP contribution is -2.32. The highest BCUT2D eigenvalue weighted by Crippen LogP contribution is 2.28. The number of aromatic hydroxyl groups is 1. The van der Waals surface area contributed by atoms with Gasteiger partial charge in [-0.15, -0.1) is 0 Å². The fourth-order valence-electron chi connectivity index (χ4n) is 4.77. The standard InChI is InChI=1S/C30H31F2N3O2/c1-4-6-12-28-34-29(36)26(15-20-9-7-10-21(14-20)25-11-8-13-33-19(25)3)30(37)35(28)27(5-2)22-16-23(31)18-24(32)17-22/h7-11,13-14,16-18,27,36H,4-6,12,15H2,1-3H3. The molecule has 37 heavy (non-hydrogen) atoms. The smallest absolute Gasteiger partial charge is 0.261 e. The summed E-state index contributed by atoms with van der Waals surface area (Å²) in [5, 5.41) is 10.8. The highest BCUT2D eigenvalue weighted by molar-refractivity contribution is 5.66. The summed E-state index contributed by atoms with van der Waals surface area (Å²) < 4.78 is 29.7. The minimum Gasteiger partial charge on any atom is -0.493 e. The van der Waals surface area contributed by atoms with Gasteiger partial charge in [0.2, 0.25) is 5.88 Å². The molecule has 1 atom stereocenters. The third kappa shape index (κ3) is 5.77. The number of aryl methyl sites for hydroxylation is 2.